The van der Waals surface area contributed by atoms with Gasteiger partial charge in [0.05, 0.1) is 6.10 Å². The van der Waals surface area contributed by atoms with Crippen molar-refractivity contribution in [1.82, 2.24) is 0 Å². The molecular weight excluding hydrogens is 160 g/mol. The highest BCUT2D eigenvalue weighted by molar-refractivity contribution is 5.34. The summed E-state index contributed by atoms with van der Waals surface area (Å²) in [5, 5.41) is 9.83. The summed E-state index contributed by atoms with van der Waals surface area (Å²) in [4.78, 5) is 0. The maximum atomic E-state index is 9.83. The predicted molar refractivity (Wildman–Crippen MR) is 55.8 cm³/mol. The van der Waals surface area contributed by atoms with E-state index in [9.17, 15) is 5.11 Å². The van der Waals surface area contributed by atoms with Crippen molar-refractivity contribution < 1.29 is 5.11 Å². The SMILES string of the molecule is CCC[C@@H](O)c1cccc(C)c1C. The topological polar surface area (TPSA) is 20.2 Å². The summed E-state index contributed by atoms with van der Waals surface area (Å²) in [5.74, 6) is 0. The first-order chi connectivity index (χ1) is 6.16. The van der Waals surface area contributed by atoms with Gasteiger partial charge in [0.2, 0.25) is 0 Å². The van der Waals surface area contributed by atoms with E-state index >= 15 is 0 Å². The summed E-state index contributed by atoms with van der Waals surface area (Å²) in [5.41, 5.74) is 3.57. The monoisotopic (exact) mass is 178 g/mol. The molecule has 0 bridgehead atoms. The van der Waals surface area contributed by atoms with Crippen molar-refractivity contribution in [3.8, 4) is 0 Å². The highest BCUT2D eigenvalue weighted by Crippen LogP contribution is 2.23. The molecule has 0 spiro atoms. The maximum Gasteiger partial charge on any atom is 0.0792 e. The minimum atomic E-state index is -0.287. The van der Waals surface area contributed by atoms with Crippen LogP contribution in [0, 0.1) is 13.8 Å². The van der Waals surface area contributed by atoms with Gasteiger partial charge in [-0.05, 0) is 37.0 Å². The van der Waals surface area contributed by atoms with E-state index in [1.165, 1.54) is 11.1 Å². The molecule has 0 saturated carbocycles. The van der Waals surface area contributed by atoms with Crippen LogP contribution in [0.2, 0.25) is 0 Å². The van der Waals surface area contributed by atoms with Crippen LogP contribution in [0.15, 0.2) is 18.2 Å². The van der Waals surface area contributed by atoms with Crippen molar-refractivity contribution in [2.75, 3.05) is 0 Å². The van der Waals surface area contributed by atoms with Crippen LogP contribution in [0.1, 0.15) is 42.6 Å². The molecule has 72 valence electrons. The molecule has 1 N–H and O–H groups in total. The lowest BCUT2D eigenvalue weighted by Gasteiger charge is -2.14. The van der Waals surface area contributed by atoms with E-state index in [-0.39, 0.29) is 6.10 Å². The lowest BCUT2D eigenvalue weighted by molar-refractivity contribution is 0.165. The zero-order valence-corrected chi connectivity index (χ0v) is 8.67. The maximum absolute atomic E-state index is 9.83. The highest BCUT2D eigenvalue weighted by atomic mass is 16.3. The average Bonchev–Trinajstić information content (AvgIpc) is 2.10. The molecule has 0 fully saturated rings. The van der Waals surface area contributed by atoms with Gasteiger partial charge in [-0.2, -0.15) is 0 Å². The largest absolute Gasteiger partial charge is 0.388 e. The van der Waals surface area contributed by atoms with Gasteiger partial charge in [0.15, 0.2) is 0 Å². The van der Waals surface area contributed by atoms with E-state index in [0.29, 0.717) is 0 Å². The van der Waals surface area contributed by atoms with Gasteiger partial charge in [0.1, 0.15) is 0 Å². The fourth-order valence-electron chi connectivity index (χ4n) is 1.56. The molecule has 0 aromatic heterocycles. The molecule has 0 radical (unpaired) electrons. The van der Waals surface area contributed by atoms with Crippen molar-refractivity contribution >= 4 is 0 Å². The fourth-order valence-corrected chi connectivity index (χ4v) is 1.56. The van der Waals surface area contributed by atoms with Gasteiger partial charge in [-0.15, -0.1) is 0 Å². The normalized spacial score (nSPS) is 12.9. The fraction of sp³-hybridized carbons (Fsp3) is 0.500. The van der Waals surface area contributed by atoms with Gasteiger partial charge in [-0.3, -0.25) is 0 Å². The van der Waals surface area contributed by atoms with E-state index in [2.05, 4.69) is 26.8 Å². The summed E-state index contributed by atoms with van der Waals surface area (Å²) >= 11 is 0. The Hall–Kier alpha value is -0.820. The van der Waals surface area contributed by atoms with Gasteiger partial charge in [-0.25, -0.2) is 0 Å². The van der Waals surface area contributed by atoms with Crippen molar-refractivity contribution in [2.45, 2.75) is 39.7 Å². The third-order valence-corrected chi connectivity index (χ3v) is 2.57. The third-order valence-electron chi connectivity index (χ3n) is 2.57. The second-order valence-electron chi connectivity index (χ2n) is 3.59. The van der Waals surface area contributed by atoms with Gasteiger partial charge < -0.3 is 5.11 Å². The van der Waals surface area contributed by atoms with Crippen molar-refractivity contribution in [1.29, 1.82) is 0 Å². The first-order valence-corrected chi connectivity index (χ1v) is 4.91. The summed E-state index contributed by atoms with van der Waals surface area (Å²) in [6.45, 7) is 6.25. The van der Waals surface area contributed by atoms with Crippen LogP contribution in [0.3, 0.4) is 0 Å². The Kier molecular flexibility index (Phi) is 3.49. The van der Waals surface area contributed by atoms with E-state index in [4.69, 9.17) is 0 Å². The van der Waals surface area contributed by atoms with Crippen LogP contribution in [0.4, 0.5) is 0 Å². The number of hydrogen-bond donors (Lipinski definition) is 1. The molecule has 1 aromatic carbocycles. The van der Waals surface area contributed by atoms with E-state index in [1.807, 2.05) is 12.1 Å². The lowest BCUT2D eigenvalue weighted by Crippen LogP contribution is -2.00. The molecule has 0 saturated heterocycles. The summed E-state index contributed by atoms with van der Waals surface area (Å²) in [7, 11) is 0. The molecule has 0 aliphatic rings. The number of hydrogen-bond acceptors (Lipinski definition) is 1. The van der Waals surface area contributed by atoms with Gasteiger partial charge in [0.25, 0.3) is 0 Å². The van der Waals surface area contributed by atoms with E-state index in [0.717, 1.165) is 18.4 Å². The van der Waals surface area contributed by atoms with Crippen LogP contribution in [-0.4, -0.2) is 5.11 Å². The van der Waals surface area contributed by atoms with Crippen LogP contribution in [0.25, 0.3) is 0 Å². The number of aryl methyl sites for hydroxylation is 1. The summed E-state index contributed by atoms with van der Waals surface area (Å²) in [6, 6.07) is 6.11. The zero-order chi connectivity index (χ0) is 9.84. The Morgan fingerprint density at radius 3 is 2.62 bits per heavy atom. The zero-order valence-electron chi connectivity index (χ0n) is 8.67. The van der Waals surface area contributed by atoms with Crippen LogP contribution in [-0.2, 0) is 0 Å². The summed E-state index contributed by atoms with van der Waals surface area (Å²) in [6.07, 6.45) is 1.59. The first kappa shape index (κ1) is 10.3. The van der Waals surface area contributed by atoms with Crippen LogP contribution >= 0.6 is 0 Å². The number of benzene rings is 1. The predicted octanol–water partition coefficient (Wildman–Crippen LogP) is 3.14. The van der Waals surface area contributed by atoms with Crippen LogP contribution < -0.4 is 0 Å². The molecule has 0 amide bonds. The van der Waals surface area contributed by atoms with Crippen molar-refractivity contribution in [2.24, 2.45) is 0 Å². The molecule has 0 aliphatic heterocycles. The Morgan fingerprint density at radius 1 is 1.31 bits per heavy atom. The molecule has 1 nitrogen and oxygen atoms in total. The molecule has 1 aromatic rings. The van der Waals surface area contributed by atoms with Crippen LogP contribution in [0.5, 0.6) is 0 Å². The van der Waals surface area contributed by atoms with Crippen molar-refractivity contribution in [3.63, 3.8) is 0 Å². The van der Waals surface area contributed by atoms with E-state index in [1.54, 1.807) is 0 Å². The molecule has 0 unspecified atom stereocenters. The van der Waals surface area contributed by atoms with Gasteiger partial charge >= 0.3 is 0 Å². The molecular formula is C12H18O. The second-order valence-corrected chi connectivity index (χ2v) is 3.59. The number of aliphatic hydroxyl groups excluding tert-OH is 1. The molecule has 0 aliphatic carbocycles. The number of rotatable bonds is 3. The Morgan fingerprint density at radius 2 is 2.00 bits per heavy atom. The molecule has 1 heteroatoms. The van der Waals surface area contributed by atoms with Crippen molar-refractivity contribution in [3.05, 3.63) is 34.9 Å². The quantitative estimate of drug-likeness (QED) is 0.754. The minimum absolute atomic E-state index is 0.287. The van der Waals surface area contributed by atoms with Gasteiger partial charge in [0, 0.05) is 0 Å². The second kappa shape index (κ2) is 4.43. The molecule has 13 heavy (non-hydrogen) atoms. The number of aliphatic hydroxyl groups is 1. The summed E-state index contributed by atoms with van der Waals surface area (Å²) < 4.78 is 0. The highest BCUT2D eigenvalue weighted by Gasteiger charge is 2.09. The standard InChI is InChI=1S/C12H18O/c1-4-6-12(13)11-8-5-7-9(2)10(11)3/h5,7-8,12-13H,4,6H2,1-3H3/t12-/m1/s1. The Labute approximate surface area is 80.4 Å². The molecule has 1 rings (SSSR count). The first-order valence-electron chi connectivity index (χ1n) is 4.91. The average molecular weight is 178 g/mol. The Bertz CT molecular complexity index is 278. The minimum Gasteiger partial charge on any atom is -0.388 e. The van der Waals surface area contributed by atoms with E-state index < -0.39 is 0 Å². The molecule has 1 atom stereocenters. The Balaban J connectivity index is 2.93. The van der Waals surface area contributed by atoms with Gasteiger partial charge in [-0.1, -0.05) is 31.5 Å². The smallest absolute Gasteiger partial charge is 0.0792 e. The third kappa shape index (κ3) is 2.31. The lowest BCUT2D eigenvalue weighted by atomic mass is 9.97. The molecule has 0 heterocycles.